The van der Waals surface area contributed by atoms with Gasteiger partial charge in [0.1, 0.15) is 29.1 Å². The molecule has 12 nitrogen and oxygen atoms in total. The highest BCUT2D eigenvalue weighted by Crippen LogP contribution is 2.47. The first-order valence-corrected chi connectivity index (χ1v) is 19.1. The summed E-state index contributed by atoms with van der Waals surface area (Å²) in [4.78, 5) is 77.7. The van der Waals surface area contributed by atoms with Gasteiger partial charge in [0.2, 0.25) is 11.8 Å². The van der Waals surface area contributed by atoms with Gasteiger partial charge in [-0.25, -0.2) is 9.78 Å². The Balaban J connectivity index is 1.17. The number of likely N-dealkylation sites (tertiary alicyclic amines) is 1. The van der Waals surface area contributed by atoms with Crippen molar-refractivity contribution >= 4 is 40.6 Å². The van der Waals surface area contributed by atoms with E-state index in [1.807, 2.05) is 30.3 Å². The lowest BCUT2D eigenvalue weighted by atomic mass is 9.92. The highest BCUT2D eigenvalue weighted by Gasteiger charge is 2.63. The average Bonchev–Trinajstić information content (AvgIpc) is 3.48. The van der Waals surface area contributed by atoms with Gasteiger partial charge in [0, 0.05) is 54.8 Å². The summed E-state index contributed by atoms with van der Waals surface area (Å²) in [5.74, 6) is -2.70. The molecule has 5 aliphatic rings. The molecule has 0 bridgehead atoms. The molecule has 52 heavy (non-hydrogen) atoms. The third kappa shape index (κ3) is 7.13. The Hall–Kier alpha value is -4.48. The quantitative estimate of drug-likeness (QED) is 0.322. The number of carbonyl (C=O) groups excluding carboxylic acids is 5. The number of para-hydroxylation sites is 1. The van der Waals surface area contributed by atoms with E-state index in [9.17, 15) is 24.0 Å². The number of amides is 3. The van der Waals surface area contributed by atoms with Crippen LogP contribution in [-0.2, 0) is 28.7 Å². The van der Waals surface area contributed by atoms with Gasteiger partial charge in [0.25, 0.3) is 5.91 Å². The number of hydrogen-bond acceptors (Lipinski definition) is 9. The first-order chi connectivity index (χ1) is 25.2. The number of nitrogens with zero attached hydrogens (tertiary/aromatic N) is 3. The minimum absolute atomic E-state index is 0.0374. The number of ether oxygens (including phenoxy) is 3. The molecule has 278 valence electrons. The van der Waals surface area contributed by atoms with Crippen molar-refractivity contribution in [2.45, 2.75) is 95.2 Å². The van der Waals surface area contributed by atoms with Crippen LogP contribution >= 0.6 is 0 Å². The van der Waals surface area contributed by atoms with Gasteiger partial charge in [-0.2, -0.15) is 0 Å². The topological polar surface area (TPSA) is 144 Å². The first kappa shape index (κ1) is 35.9. The van der Waals surface area contributed by atoms with Crippen LogP contribution in [-0.4, -0.2) is 95.5 Å². The summed E-state index contributed by atoms with van der Waals surface area (Å²) < 4.78 is 16.8. The lowest BCUT2D eigenvalue weighted by molar-refractivity contribution is -0.155. The highest BCUT2D eigenvalue weighted by atomic mass is 16.5. The van der Waals surface area contributed by atoms with Crippen molar-refractivity contribution in [2.75, 3.05) is 33.4 Å². The molecule has 3 aliphatic heterocycles. The molecule has 4 heterocycles. The van der Waals surface area contributed by atoms with E-state index in [1.165, 1.54) is 0 Å². The first-order valence-electron chi connectivity index (χ1n) is 19.1. The van der Waals surface area contributed by atoms with Gasteiger partial charge in [-0.15, -0.1) is 0 Å². The molecule has 2 aliphatic carbocycles. The highest BCUT2D eigenvalue weighted by molar-refractivity contribution is 5.98. The van der Waals surface area contributed by atoms with Crippen LogP contribution in [0.4, 0.5) is 0 Å². The number of methoxy groups -OCH3 is 1. The number of aromatic nitrogens is 1. The number of benzene rings is 1. The van der Waals surface area contributed by atoms with Crippen molar-refractivity contribution in [1.82, 2.24) is 20.1 Å². The van der Waals surface area contributed by atoms with E-state index in [1.54, 1.807) is 29.9 Å². The summed E-state index contributed by atoms with van der Waals surface area (Å²) in [5.41, 5.74) is -0.331. The molecule has 1 N–H and O–H groups in total. The van der Waals surface area contributed by atoms with Crippen LogP contribution in [0.25, 0.3) is 10.9 Å². The van der Waals surface area contributed by atoms with Crippen LogP contribution in [0.2, 0.25) is 0 Å². The van der Waals surface area contributed by atoms with Gasteiger partial charge in [0.15, 0.2) is 0 Å². The van der Waals surface area contributed by atoms with Crippen molar-refractivity contribution in [2.24, 2.45) is 23.7 Å². The summed E-state index contributed by atoms with van der Waals surface area (Å²) in [6.07, 6.45) is 12.0. The minimum atomic E-state index is -1.21. The normalized spacial score (nSPS) is 30.0. The number of hydrogen-bond donors (Lipinski definition) is 1. The number of allylic oxidation sites excluding steroid dienone is 1. The summed E-state index contributed by atoms with van der Waals surface area (Å²) in [5, 5.41) is 3.86. The fourth-order valence-corrected chi connectivity index (χ4v) is 8.94. The predicted molar refractivity (Wildman–Crippen MR) is 191 cm³/mol. The zero-order valence-corrected chi connectivity index (χ0v) is 30.2. The molecule has 0 radical (unpaired) electrons. The summed E-state index contributed by atoms with van der Waals surface area (Å²) in [6.45, 7) is 2.72. The standard InChI is InChI=1S/C40H50N4O8/c1-3-51-39(49)40-21-27(40)14-8-6-4-5-7-13-25(19-34(45)52-28-15-9-10-16-28)37(47)44-23-26-22-43(24-30(26)35(44)36(46)42-40)38(48)32-20-33(50-2)29-17-11-12-18-31(29)41-32/h8,11-12,14,17-18,20,25-28,30,35H,3-7,9-10,13,15-16,19,21-24H2,1-2H3,(H,42,46)/b14-8-/t25-,26+,27-,30+,35+,40-/m1/s1. The van der Waals surface area contributed by atoms with E-state index in [0.717, 1.165) is 56.8 Å². The molecule has 12 heteroatoms. The summed E-state index contributed by atoms with van der Waals surface area (Å²) in [7, 11) is 1.56. The maximum Gasteiger partial charge on any atom is 0.332 e. The Morgan fingerprint density at radius 1 is 1.00 bits per heavy atom. The predicted octanol–water partition coefficient (Wildman–Crippen LogP) is 4.59. The molecule has 7 rings (SSSR count). The van der Waals surface area contributed by atoms with Gasteiger partial charge < -0.3 is 29.3 Å². The molecular formula is C40H50N4O8. The summed E-state index contributed by atoms with van der Waals surface area (Å²) in [6, 6.07) is 8.16. The van der Waals surface area contributed by atoms with Crippen LogP contribution in [0, 0.1) is 23.7 Å². The van der Waals surface area contributed by atoms with E-state index in [2.05, 4.69) is 16.4 Å². The van der Waals surface area contributed by atoms with Gasteiger partial charge >= 0.3 is 11.9 Å². The third-order valence-electron chi connectivity index (χ3n) is 11.8. The van der Waals surface area contributed by atoms with Crippen LogP contribution in [0.1, 0.15) is 88.0 Å². The Labute approximate surface area is 304 Å². The minimum Gasteiger partial charge on any atom is -0.496 e. The number of pyridine rings is 1. The zero-order chi connectivity index (χ0) is 36.4. The van der Waals surface area contributed by atoms with Crippen LogP contribution < -0.4 is 10.1 Å². The molecule has 3 amide bonds. The number of nitrogens with one attached hydrogen (secondary N) is 1. The molecular weight excluding hydrogens is 664 g/mol. The molecule has 1 aromatic heterocycles. The van der Waals surface area contributed by atoms with Crippen LogP contribution in [0.5, 0.6) is 5.75 Å². The number of fused-ring (bicyclic) bond motifs is 5. The van der Waals surface area contributed by atoms with Crippen molar-refractivity contribution in [3.8, 4) is 5.75 Å². The number of carbonyl (C=O) groups is 5. The lowest BCUT2D eigenvalue weighted by Crippen LogP contribution is -2.56. The molecule has 0 unspecified atom stereocenters. The van der Waals surface area contributed by atoms with E-state index < -0.39 is 29.4 Å². The second kappa shape index (κ2) is 15.2. The maximum atomic E-state index is 14.6. The molecule has 0 spiro atoms. The lowest BCUT2D eigenvalue weighted by Gasteiger charge is -2.32. The van der Waals surface area contributed by atoms with Crippen molar-refractivity contribution in [1.29, 1.82) is 0 Å². The van der Waals surface area contributed by atoms with Crippen LogP contribution in [0.15, 0.2) is 42.5 Å². The SMILES string of the molecule is CCOC(=O)[C@@]12C[C@H]1/C=C\CCCCC[C@H](CC(=O)OC1CCCC1)C(=O)N1C[C@@H]3CN(C(=O)c4cc(OC)c5ccccc5n4)C[C@@H]3[C@H]1C(=O)N2. The van der Waals surface area contributed by atoms with Crippen molar-refractivity contribution in [3.63, 3.8) is 0 Å². The third-order valence-corrected chi connectivity index (χ3v) is 11.8. The smallest absolute Gasteiger partial charge is 0.332 e. The van der Waals surface area contributed by atoms with Gasteiger partial charge in [-0.1, -0.05) is 37.1 Å². The molecule has 2 saturated heterocycles. The van der Waals surface area contributed by atoms with Gasteiger partial charge in [-0.05, 0) is 70.4 Å². The fraction of sp³-hybridized carbons (Fsp3) is 0.600. The largest absolute Gasteiger partial charge is 0.496 e. The average molecular weight is 715 g/mol. The second-order valence-electron chi connectivity index (χ2n) is 15.2. The van der Waals surface area contributed by atoms with E-state index >= 15 is 0 Å². The van der Waals surface area contributed by atoms with E-state index in [0.29, 0.717) is 30.7 Å². The number of esters is 2. The van der Waals surface area contributed by atoms with Gasteiger partial charge in [0.05, 0.1) is 25.7 Å². The molecule has 2 saturated carbocycles. The Morgan fingerprint density at radius 3 is 2.58 bits per heavy atom. The second-order valence-corrected chi connectivity index (χ2v) is 15.2. The van der Waals surface area contributed by atoms with Crippen molar-refractivity contribution < 1.29 is 38.2 Å². The fourth-order valence-electron chi connectivity index (χ4n) is 8.94. The maximum absolute atomic E-state index is 14.6. The van der Waals surface area contributed by atoms with Crippen molar-refractivity contribution in [3.05, 3.63) is 48.2 Å². The Kier molecular flexibility index (Phi) is 10.5. The molecule has 2 aromatic rings. The Bertz CT molecular complexity index is 1740. The molecule has 4 fully saturated rings. The van der Waals surface area contributed by atoms with E-state index in [-0.39, 0.29) is 73.5 Å². The summed E-state index contributed by atoms with van der Waals surface area (Å²) >= 11 is 0. The van der Waals surface area contributed by atoms with E-state index in [4.69, 9.17) is 14.2 Å². The van der Waals surface area contributed by atoms with Gasteiger partial charge in [-0.3, -0.25) is 19.2 Å². The number of rotatable bonds is 7. The zero-order valence-electron chi connectivity index (χ0n) is 30.2. The molecule has 1 aromatic carbocycles. The van der Waals surface area contributed by atoms with Crippen LogP contribution in [0.3, 0.4) is 0 Å². The Morgan fingerprint density at radius 2 is 1.79 bits per heavy atom. The molecule has 6 atom stereocenters. The monoisotopic (exact) mass is 714 g/mol.